The van der Waals surface area contributed by atoms with Crippen LogP contribution in [0.4, 0.5) is 4.39 Å². The van der Waals surface area contributed by atoms with Gasteiger partial charge in [0.2, 0.25) is 0 Å². The zero-order valence-electron chi connectivity index (χ0n) is 11.8. The van der Waals surface area contributed by atoms with Gasteiger partial charge in [-0.25, -0.2) is 4.39 Å². The van der Waals surface area contributed by atoms with Crippen molar-refractivity contribution < 1.29 is 4.39 Å². The molecular formula is C18H20FN. The molecule has 0 amide bonds. The molecule has 104 valence electrons. The van der Waals surface area contributed by atoms with Crippen molar-refractivity contribution >= 4 is 0 Å². The molecule has 2 heteroatoms. The van der Waals surface area contributed by atoms with Crippen LogP contribution in [0.1, 0.15) is 41.6 Å². The summed E-state index contributed by atoms with van der Waals surface area (Å²) in [5.41, 5.74) is 5.48. The van der Waals surface area contributed by atoms with E-state index in [0.717, 1.165) is 12.1 Å². The second-order valence-electron chi connectivity index (χ2n) is 5.61. The summed E-state index contributed by atoms with van der Waals surface area (Å²) in [6.07, 6.45) is 3.74. The van der Waals surface area contributed by atoms with E-state index in [0.29, 0.717) is 0 Å². The fourth-order valence-electron chi connectivity index (χ4n) is 2.88. The molecule has 0 aromatic heterocycles. The van der Waals surface area contributed by atoms with Gasteiger partial charge in [0.25, 0.3) is 0 Å². The molecule has 0 bridgehead atoms. The number of hydrogen-bond acceptors (Lipinski definition) is 1. The van der Waals surface area contributed by atoms with Crippen LogP contribution in [0.5, 0.6) is 0 Å². The molecule has 2 aromatic carbocycles. The summed E-state index contributed by atoms with van der Waals surface area (Å²) in [5, 5.41) is 3.50. The lowest BCUT2D eigenvalue weighted by molar-refractivity contribution is 0.571. The summed E-state index contributed by atoms with van der Waals surface area (Å²) < 4.78 is 12.9. The molecule has 1 atom stereocenters. The van der Waals surface area contributed by atoms with Crippen molar-refractivity contribution in [2.24, 2.45) is 0 Å². The number of rotatable bonds is 4. The van der Waals surface area contributed by atoms with Gasteiger partial charge >= 0.3 is 0 Å². The molecule has 20 heavy (non-hydrogen) atoms. The maximum Gasteiger partial charge on any atom is 0.123 e. The molecule has 0 heterocycles. The SMILES string of the molecule is C[C@@H](NCc1ccc2c(c1)CCC2)c1ccc(F)cc1. The summed E-state index contributed by atoms with van der Waals surface area (Å²) >= 11 is 0. The fourth-order valence-corrected chi connectivity index (χ4v) is 2.88. The standard InChI is InChI=1S/C18H20FN/c1-13(15-7-9-18(19)10-8-15)20-12-14-5-6-16-3-2-4-17(16)11-14/h5-11,13,20H,2-4,12H2,1H3/t13-/m1/s1. The first-order valence-electron chi connectivity index (χ1n) is 7.32. The Morgan fingerprint density at radius 3 is 2.60 bits per heavy atom. The minimum Gasteiger partial charge on any atom is -0.306 e. The summed E-state index contributed by atoms with van der Waals surface area (Å²) in [6, 6.07) is 13.8. The molecule has 0 saturated heterocycles. The predicted molar refractivity (Wildman–Crippen MR) is 80.1 cm³/mol. The Morgan fingerprint density at radius 2 is 1.80 bits per heavy atom. The van der Waals surface area contributed by atoms with Crippen molar-refractivity contribution in [3.8, 4) is 0 Å². The van der Waals surface area contributed by atoms with E-state index in [1.54, 1.807) is 0 Å². The molecule has 0 spiro atoms. The third-order valence-electron chi connectivity index (χ3n) is 4.15. The maximum atomic E-state index is 12.9. The Kier molecular flexibility index (Phi) is 3.83. The van der Waals surface area contributed by atoms with Crippen LogP contribution in [0.25, 0.3) is 0 Å². The zero-order valence-corrected chi connectivity index (χ0v) is 11.8. The highest BCUT2D eigenvalue weighted by Crippen LogP contribution is 2.23. The quantitative estimate of drug-likeness (QED) is 0.878. The second-order valence-corrected chi connectivity index (χ2v) is 5.61. The van der Waals surface area contributed by atoms with Gasteiger partial charge in [-0.05, 0) is 60.6 Å². The van der Waals surface area contributed by atoms with Crippen LogP contribution in [0, 0.1) is 5.82 Å². The van der Waals surface area contributed by atoms with Crippen LogP contribution in [0.15, 0.2) is 42.5 Å². The monoisotopic (exact) mass is 269 g/mol. The van der Waals surface area contributed by atoms with Gasteiger partial charge < -0.3 is 5.32 Å². The van der Waals surface area contributed by atoms with Crippen molar-refractivity contribution in [3.63, 3.8) is 0 Å². The number of halogens is 1. The summed E-state index contributed by atoms with van der Waals surface area (Å²) in [5.74, 6) is -0.181. The van der Waals surface area contributed by atoms with E-state index in [-0.39, 0.29) is 11.9 Å². The average Bonchev–Trinajstić information content (AvgIpc) is 2.93. The predicted octanol–water partition coefficient (Wildman–Crippen LogP) is 4.17. The molecular weight excluding hydrogens is 249 g/mol. The van der Waals surface area contributed by atoms with Crippen LogP contribution < -0.4 is 5.32 Å². The molecule has 0 unspecified atom stereocenters. The number of aryl methyl sites for hydroxylation is 2. The number of fused-ring (bicyclic) bond motifs is 1. The summed E-state index contributed by atoms with van der Waals surface area (Å²) in [6.45, 7) is 2.96. The lowest BCUT2D eigenvalue weighted by Gasteiger charge is -2.15. The average molecular weight is 269 g/mol. The zero-order chi connectivity index (χ0) is 13.9. The minimum atomic E-state index is -0.181. The summed E-state index contributed by atoms with van der Waals surface area (Å²) in [4.78, 5) is 0. The third kappa shape index (κ3) is 2.91. The van der Waals surface area contributed by atoms with Crippen LogP contribution in [0.2, 0.25) is 0 Å². The molecule has 1 aliphatic carbocycles. The number of nitrogens with one attached hydrogen (secondary N) is 1. The Morgan fingerprint density at radius 1 is 1.05 bits per heavy atom. The van der Waals surface area contributed by atoms with Crippen LogP contribution >= 0.6 is 0 Å². The molecule has 1 aliphatic rings. The van der Waals surface area contributed by atoms with Crippen molar-refractivity contribution in [2.45, 2.75) is 38.8 Å². The van der Waals surface area contributed by atoms with Gasteiger partial charge in [0, 0.05) is 12.6 Å². The molecule has 0 radical (unpaired) electrons. The normalized spacial score (nSPS) is 15.1. The summed E-state index contributed by atoms with van der Waals surface area (Å²) in [7, 11) is 0. The van der Waals surface area contributed by atoms with E-state index in [1.165, 1.54) is 48.1 Å². The van der Waals surface area contributed by atoms with Crippen molar-refractivity contribution in [1.82, 2.24) is 5.32 Å². The third-order valence-corrected chi connectivity index (χ3v) is 4.15. The van der Waals surface area contributed by atoms with E-state index >= 15 is 0 Å². The van der Waals surface area contributed by atoms with Crippen molar-refractivity contribution in [3.05, 3.63) is 70.5 Å². The number of benzene rings is 2. The van der Waals surface area contributed by atoms with E-state index in [4.69, 9.17) is 0 Å². The van der Waals surface area contributed by atoms with Gasteiger partial charge in [-0.1, -0.05) is 30.3 Å². The Bertz CT molecular complexity index is 589. The lowest BCUT2D eigenvalue weighted by atomic mass is 10.1. The first kappa shape index (κ1) is 13.3. The van der Waals surface area contributed by atoms with Gasteiger partial charge in [0.15, 0.2) is 0 Å². The number of hydrogen-bond donors (Lipinski definition) is 1. The fraction of sp³-hybridized carbons (Fsp3) is 0.333. The van der Waals surface area contributed by atoms with E-state index < -0.39 is 0 Å². The highest BCUT2D eigenvalue weighted by molar-refractivity contribution is 5.35. The second kappa shape index (κ2) is 5.76. The van der Waals surface area contributed by atoms with Crippen molar-refractivity contribution in [1.29, 1.82) is 0 Å². The Labute approximate surface area is 119 Å². The van der Waals surface area contributed by atoms with E-state index in [1.807, 2.05) is 12.1 Å². The molecule has 2 aromatic rings. The lowest BCUT2D eigenvalue weighted by Crippen LogP contribution is -2.18. The van der Waals surface area contributed by atoms with E-state index in [9.17, 15) is 4.39 Å². The van der Waals surface area contributed by atoms with Crippen molar-refractivity contribution in [2.75, 3.05) is 0 Å². The molecule has 0 fully saturated rings. The van der Waals surface area contributed by atoms with Gasteiger partial charge in [-0.2, -0.15) is 0 Å². The minimum absolute atomic E-state index is 0.181. The molecule has 1 N–H and O–H groups in total. The molecule has 3 rings (SSSR count). The molecule has 1 nitrogen and oxygen atoms in total. The highest BCUT2D eigenvalue weighted by Gasteiger charge is 2.11. The first-order chi connectivity index (χ1) is 9.72. The van der Waals surface area contributed by atoms with Crippen LogP contribution in [0.3, 0.4) is 0 Å². The first-order valence-corrected chi connectivity index (χ1v) is 7.32. The molecule has 0 saturated carbocycles. The largest absolute Gasteiger partial charge is 0.306 e. The van der Waals surface area contributed by atoms with Gasteiger partial charge in [-0.15, -0.1) is 0 Å². The van der Waals surface area contributed by atoms with Crippen LogP contribution in [-0.2, 0) is 19.4 Å². The Hall–Kier alpha value is -1.67. The topological polar surface area (TPSA) is 12.0 Å². The van der Waals surface area contributed by atoms with Gasteiger partial charge in [0.1, 0.15) is 5.82 Å². The van der Waals surface area contributed by atoms with Gasteiger partial charge in [0.05, 0.1) is 0 Å². The van der Waals surface area contributed by atoms with Gasteiger partial charge in [-0.3, -0.25) is 0 Å². The maximum absolute atomic E-state index is 12.9. The Balaban J connectivity index is 1.63. The smallest absolute Gasteiger partial charge is 0.123 e. The molecule has 0 aliphatic heterocycles. The van der Waals surface area contributed by atoms with E-state index in [2.05, 4.69) is 30.4 Å². The highest BCUT2D eigenvalue weighted by atomic mass is 19.1. The van der Waals surface area contributed by atoms with Crippen LogP contribution in [-0.4, -0.2) is 0 Å².